The lowest BCUT2D eigenvalue weighted by Crippen LogP contribution is -2.37. The van der Waals surface area contributed by atoms with Crippen LogP contribution in [-0.4, -0.2) is 34.3 Å². The number of aromatic nitrogens is 2. The molecule has 0 aliphatic carbocycles. The van der Waals surface area contributed by atoms with Crippen LogP contribution in [0, 0.1) is 0 Å². The zero-order chi connectivity index (χ0) is 26.0. The number of nitrogens with one attached hydrogen (secondary N) is 1. The Hall–Kier alpha value is -4.66. The van der Waals surface area contributed by atoms with Gasteiger partial charge in [-0.1, -0.05) is 60.7 Å². The first kappa shape index (κ1) is 24.1. The summed E-state index contributed by atoms with van der Waals surface area (Å²) < 4.78 is 39.7. The van der Waals surface area contributed by atoms with Crippen LogP contribution in [0.1, 0.15) is 27.3 Å². The van der Waals surface area contributed by atoms with E-state index in [1.165, 1.54) is 12.3 Å². The van der Waals surface area contributed by atoms with Crippen molar-refractivity contribution in [2.75, 3.05) is 6.54 Å². The molecule has 0 saturated carbocycles. The van der Waals surface area contributed by atoms with E-state index in [0.29, 0.717) is 11.3 Å². The number of alkyl halides is 3. The Morgan fingerprint density at radius 1 is 0.946 bits per heavy atom. The summed E-state index contributed by atoms with van der Waals surface area (Å²) >= 11 is 0. The van der Waals surface area contributed by atoms with Crippen LogP contribution in [0.2, 0.25) is 0 Å². The number of amides is 1. The van der Waals surface area contributed by atoms with Gasteiger partial charge in [-0.25, -0.2) is 4.79 Å². The maximum atomic E-state index is 13.0. The minimum Gasteiger partial charge on any atom is -0.352 e. The van der Waals surface area contributed by atoms with Crippen LogP contribution >= 0.6 is 0 Å². The molecule has 37 heavy (non-hydrogen) atoms. The highest BCUT2D eigenvalue weighted by molar-refractivity contribution is 5.98. The summed E-state index contributed by atoms with van der Waals surface area (Å²) in [5, 5.41) is 2.64. The molecule has 1 N–H and O–H groups in total. The van der Waals surface area contributed by atoms with Gasteiger partial charge in [0.15, 0.2) is 0 Å². The Morgan fingerprint density at radius 3 is 2.49 bits per heavy atom. The molecule has 0 fully saturated rings. The number of halogens is 3. The second-order valence-electron chi connectivity index (χ2n) is 8.32. The SMILES string of the molecule is O=C1NCCc2c1cc(-c1ccnc(C=Cc3ccccc3-c3ccccc3)c1)n2OC(=O)C(F)(F)F. The molecule has 186 valence electrons. The van der Waals surface area contributed by atoms with Gasteiger partial charge in [0, 0.05) is 24.7 Å². The molecule has 6 nitrogen and oxygen atoms in total. The van der Waals surface area contributed by atoms with Crippen molar-refractivity contribution in [3.8, 4) is 22.4 Å². The maximum Gasteiger partial charge on any atom is 0.493 e. The molecule has 0 atom stereocenters. The van der Waals surface area contributed by atoms with E-state index in [9.17, 15) is 22.8 Å². The average molecular weight is 503 g/mol. The van der Waals surface area contributed by atoms with Gasteiger partial charge in [-0.2, -0.15) is 17.9 Å². The Kier molecular flexibility index (Phi) is 6.35. The number of carbonyl (C=O) groups is 2. The van der Waals surface area contributed by atoms with Crippen LogP contribution in [0.25, 0.3) is 34.5 Å². The normalized spacial score (nSPS) is 13.3. The molecular weight excluding hydrogens is 483 g/mol. The molecule has 2 aromatic heterocycles. The van der Waals surface area contributed by atoms with E-state index < -0.39 is 18.1 Å². The number of benzene rings is 2. The van der Waals surface area contributed by atoms with Gasteiger partial charge in [-0.15, -0.1) is 0 Å². The molecule has 0 unspecified atom stereocenters. The van der Waals surface area contributed by atoms with Gasteiger partial charge in [-0.3, -0.25) is 9.78 Å². The third-order valence-corrected chi connectivity index (χ3v) is 5.91. The minimum atomic E-state index is -5.19. The fraction of sp³-hybridized carbons (Fsp3) is 0.107. The molecule has 0 saturated heterocycles. The van der Waals surface area contributed by atoms with Crippen LogP contribution < -0.4 is 10.2 Å². The lowest BCUT2D eigenvalue weighted by Gasteiger charge is -2.17. The van der Waals surface area contributed by atoms with Crippen molar-refractivity contribution in [1.29, 1.82) is 0 Å². The van der Waals surface area contributed by atoms with Crippen molar-refractivity contribution >= 4 is 24.0 Å². The quantitative estimate of drug-likeness (QED) is 0.407. The Labute approximate surface area is 210 Å². The van der Waals surface area contributed by atoms with E-state index in [2.05, 4.69) is 10.3 Å². The van der Waals surface area contributed by atoms with E-state index >= 15 is 0 Å². The predicted octanol–water partition coefficient (Wildman–Crippen LogP) is 5.19. The first-order valence-corrected chi connectivity index (χ1v) is 11.4. The second-order valence-corrected chi connectivity index (χ2v) is 8.32. The number of hydrogen-bond acceptors (Lipinski definition) is 4. The van der Waals surface area contributed by atoms with Crippen molar-refractivity contribution in [2.24, 2.45) is 0 Å². The number of rotatable bonds is 5. The molecule has 1 aliphatic heterocycles. The molecule has 5 rings (SSSR count). The number of pyridine rings is 1. The van der Waals surface area contributed by atoms with E-state index in [4.69, 9.17) is 4.84 Å². The average Bonchev–Trinajstić information content (AvgIpc) is 3.27. The van der Waals surface area contributed by atoms with Gasteiger partial charge < -0.3 is 10.2 Å². The topological polar surface area (TPSA) is 73.2 Å². The van der Waals surface area contributed by atoms with Gasteiger partial charge in [0.05, 0.1) is 22.6 Å². The summed E-state index contributed by atoms with van der Waals surface area (Å²) in [4.78, 5) is 33.1. The third-order valence-electron chi connectivity index (χ3n) is 5.91. The molecule has 4 aromatic rings. The minimum absolute atomic E-state index is 0.140. The molecule has 9 heteroatoms. The van der Waals surface area contributed by atoms with Gasteiger partial charge in [0.25, 0.3) is 5.91 Å². The summed E-state index contributed by atoms with van der Waals surface area (Å²) in [5.74, 6) is -2.82. The zero-order valence-electron chi connectivity index (χ0n) is 19.3. The highest BCUT2D eigenvalue weighted by atomic mass is 19.4. The zero-order valence-corrected chi connectivity index (χ0v) is 19.3. The van der Waals surface area contributed by atoms with Crippen LogP contribution in [0.5, 0.6) is 0 Å². The summed E-state index contributed by atoms with van der Waals surface area (Å²) in [6.07, 6.45) is 0.201. The van der Waals surface area contributed by atoms with Gasteiger partial charge in [0.1, 0.15) is 0 Å². The number of nitrogens with zero attached hydrogens (tertiary/aromatic N) is 2. The molecular formula is C28H20F3N3O3. The van der Waals surface area contributed by atoms with Crippen molar-refractivity contribution in [3.63, 3.8) is 0 Å². The van der Waals surface area contributed by atoms with Crippen LogP contribution in [-0.2, 0) is 11.2 Å². The predicted molar refractivity (Wildman–Crippen MR) is 132 cm³/mol. The number of fused-ring (bicyclic) bond motifs is 1. The Morgan fingerprint density at radius 2 is 1.70 bits per heavy atom. The lowest BCUT2D eigenvalue weighted by molar-refractivity contribution is -0.199. The van der Waals surface area contributed by atoms with E-state index in [1.807, 2.05) is 60.7 Å². The number of carbonyl (C=O) groups excluding carboxylic acids is 2. The van der Waals surface area contributed by atoms with Crippen molar-refractivity contribution in [1.82, 2.24) is 15.0 Å². The molecule has 0 radical (unpaired) electrons. The van der Waals surface area contributed by atoms with Crippen LogP contribution in [0.4, 0.5) is 13.2 Å². The van der Waals surface area contributed by atoms with Crippen molar-refractivity contribution in [3.05, 3.63) is 102 Å². The smallest absolute Gasteiger partial charge is 0.352 e. The van der Waals surface area contributed by atoms with E-state index in [0.717, 1.165) is 21.4 Å². The largest absolute Gasteiger partial charge is 0.493 e. The Balaban J connectivity index is 1.52. The fourth-order valence-corrected chi connectivity index (χ4v) is 4.19. The van der Waals surface area contributed by atoms with Gasteiger partial charge in [-0.05, 0) is 41.0 Å². The standard InChI is InChI=1S/C28H20F3N3O3/c29-28(30,31)27(36)37-34-24-13-15-33-26(35)23(24)17-25(34)20-12-14-32-21(16-20)11-10-19-8-4-5-9-22(19)18-6-2-1-3-7-18/h1-12,14,16-17H,13,15H2,(H,33,35). The van der Waals surface area contributed by atoms with E-state index in [1.54, 1.807) is 18.2 Å². The Bertz CT molecular complexity index is 1510. The molecule has 1 aliphatic rings. The van der Waals surface area contributed by atoms with Crippen LogP contribution in [0.3, 0.4) is 0 Å². The van der Waals surface area contributed by atoms with Gasteiger partial charge in [0.2, 0.25) is 0 Å². The molecule has 0 bridgehead atoms. The highest BCUT2D eigenvalue weighted by Crippen LogP contribution is 2.30. The third kappa shape index (κ3) is 5.02. The van der Waals surface area contributed by atoms with Crippen molar-refractivity contribution < 1.29 is 27.6 Å². The van der Waals surface area contributed by atoms with Gasteiger partial charge >= 0.3 is 12.1 Å². The fourth-order valence-electron chi connectivity index (χ4n) is 4.19. The summed E-state index contributed by atoms with van der Waals surface area (Å²) in [6, 6.07) is 22.4. The lowest BCUT2D eigenvalue weighted by atomic mass is 9.99. The number of hydrogen-bond donors (Lipinski definition) is 1. The maximum absolute atomic E-state index is 13.0. The monoisotopic (exact) mass is 503 g/mol. The van der Waals surface area contributed by atoms with Crippen LogP contribution in [0.15, 0.2) is 79.0 Å². The molecule has 2 aromatic carbocycles. The summed E-state index contributed by atoms with van der Waals surface area (Å²) in [7, 11) is 0. The molecule has 0 spiro atoms. The highest BCUT2D eigenvalue weighted by Gasteiger charge is 2.43. The first-order valence-electron chi connectivity index (χ1n) is 11.4. The molecule has 1 amide bonds. The molecule has 3 heterocycles. The van der Waals surface area contributed by atoms with E-state index in [-0.39, 0.29) is 29.9 Å². The second kappa shape index (κ2) is 9.77. The summed E-state index contributed by atoms with van der Waals surface area (Å²) in [5.41, 5.74) is 4.49. The van der Waals surface area contributed by atoms with Crippen molar-refractivity contribution in [2.45, 2.75) is 12.6 Å². The summed E-state index contributed by atoms with van der Waals surface area (Å²) in [6.45, 7) is 0.212. The first-order chi connectivity index (χ1) is 17.8.